The van der Waals surface area contributed by atoms with Crippen LogP contribution in [0.4, 0.5) is 0 Å². The van der Waals surface area contributed by atoms with E-state index in [9.17, 15) is 9.59 Å². The Balaban J connectivity index is 1.51. The molecule has 3 N–H and O–H groups in total. The predicted octanol–water partition coefficient (Wildman–Crippen LogP) is 1.65. The fourth-order valence-corrected chi connectivity index (χ4v) is 3.56. The minimum atomic E-state index is -0.162. The van der Waals surface area contributed by atoms with E-state index >= 15 is 0 Å². The molecule has 23 heavy (non-hydrogen) atoms. The Morgan fingerprint density at radius 3 is 2.74 bits per heavy atom. The first kappa shape index (κ1) is 16.1. The SMILES string of the molecule is NCc1cc(C(=O)NC2CCN(C(=O)C3CCCCC3)C2)co1. The summed E-state index contributed by atoms with van der Waals surface area (Å²) in [4.78, 5) is 26.6. The fourth-order valence-electron chi connectivity index (χ4n) is 3.56. The number of nitrogens with zero attached hydrogens (tertiary/aromatic N) is 1. The van der Waals surface area contributed by atoms with Gasteiger partial charge in [0.25, 0.3) is 5.91 Å². The van der Waals surface area contributed by atoms with Crippen molar-refractivity contribution in [3.8, 4) is 0 Å². The average molecular weight is 319 g/mol. The zero-order valence-corrected chi connectivity index (χ0v) is 13.4. The lowest BCUT2D eigenvalue weighted by Gasteiger charge is -2.26. The molecule has 3 rings (SSSR count). The summed E-state index contributed by atoms with van der Waals surface area (Å²) in [6, 6.07) is 1.68. The van der Waals surface area contributed by atoms with E-state index in [1.807, 2.05) is 4.90 Å². The molecule has 2 fully saturated rings. The molecule has 1 saturated carbocycles. The Morgan fingerprint density at radius 1 is 1.26 bits per heavy atom. The van der Waals surface area contributed by atoms with E-state index in [2.05, 4.69) is 5.32 Å². The van der Waals surface area contributed by atoms with Gasteiger partial charge in [-0.15, -0.1) is 0 Å². The first-order valence-electron chi connectivity index (χ1n) is 8.54. The minimum Gasteiger partial charge on any atom is -0.467 e. The standard InChI is InChI=1S/C17H25N3O3/c18-9-15-8-13(11-23-15)16(21)19-14-6-7-20(10-14)17(22)12-4-2-1-3-5-12/h8,11-12,14H,1-7,9-10,18H2,(H,19,21). The summed E-state index contributed by atoms with van der Waals surface area (Å²) in [7, 11) is 0. The monoisotopic (exact) mass is 319 g/mol. The number of nitrogens with two attached hydrogens (primary N) is 1. The molecule has 6 heteroatoms. The maximum atomic E-state index is 12.5. The van der Waals surface area contributed by atoms with Crippen LogP contribution in [0.3, 0.4) is 0 Å². The molecule has 126 valence electrons. The number of rotatable bonds is 4. The van der Waals surface area contributed by atoms with Crippen LogP contribution in [0, 0.1) is 5.92 Å². The Kier molecular flexibility index (Phi) is 5.00. The van der Waals surface area contributed by atoms with Gasteiger partial charge in [-0.2, -0.15) is 0 Å². The molecule has 1 atom stereocenters. The maximum absolute atomic E-state index is 12.5. The summed E-state index contributed by atoms with van der Waals surface area (Å²) in [5.74, 6) is 0.899. The topological polar surface area (TPSA) is 88.6 Å². The van der Waals surface area contributed by atoms with E-state index in [4.69, 9.17) is 10.2 Å². The number of carbonyl (C=O) groups is 2. The van der Waals surface area contributed by atoms with E-state index in [1.54, 1.807) is 6.07 Å². The smallest absolute Gasteiger partial charge is 0.254 e. The number of furan rings is 1. The lowest BCUT2D eigenvalue weighted by atomic mass is 9.88. The quantitative estimate of drug-likeness (QED) is 0.883. The first-order chi connectivity index (χ1) is 11.2. The van der Waals surface area contributed by atoms with E-state index in [0.717, 1.165) is 38.6 Å². The molecule has 0 radical (unpaired) electrons. The summed E-state index contributed by atoms with van der Waals surface area (Å²) in [5.41, 5.74) is 5.97. The van der Waals surface area contributed by atoms with Crippen LogP contribution >= 0.6 is 0 Å². The lowest BCUT2D eigenvalue weighted by molar-refractivity contribution is -0.135. The van der Waals surface area contributed by atoms with Crippen molar-refractivity contribution in [2.45, 2.75) is 51.1 Å². The molecule has 2 amide bonds. The third kappa shape index (κ3) is 3.75. The van der Waals surface area contributed by atoms with Crippen molar-refractivity contribution in [1.82, 2.24) is 10.2 Å². The van der Waals surface area contributed by atoms with Gasteiger partial charge in [0.05, 0.1) is 12.1 Å². The van der Waals surface area contributed by atoms with Gasteiger partial charge in [0.1, 0.15) is 12.0 Å². The molecule has 1 aromatic rings. The van der Waals surface area contributed by atoms with Gasteiger partial charge in [0, 0.05) is 25.0 Å². The maximum Gasteiger partial charge on any atom is 0.254 e. The summed E-state index contributed by atoms with van der Waals surface area (Å²) in [5, 5.41) is 2.99. The first-order valence-corrected chi connectivity index (χ1v) is 8.54. The largest absolute Gasteiger partial charge is 0.467 e. The third-order valence-electron chi connectivity index (χ3n) is 4.91. The Bertz CT molecular complexity index is 563. The number of nitrogens with one attached hydrogen (secondary N) is 1. The van der Waals surface area contributed by atoms with Crippen LogP contribution in [-0.4, -0.2) is 35.8 Å². The summed E-state index contributed by atoms with van der Waals surface area (Å²) in [6.07, 6.45) is 7.84. The van der Waals surface area contributed by atoms with Crippen molar-refractivity contribution >= 4 is 11.8 Å². The second-order valence-corrected chi connectivity index (χ2v) is 6.58. The Hall–Kier alpha value is -1.82. The van der Waals surface area contributed by atoms with Crippen LogP contribution in [0.2, 0.25) is 0 Å². The Morgan fingerprint density at radius 2 is 2.04 bits per heavy atom. The second-order valence-electron chi connectivity index (χ2n) is 6.58. The molecule has 1 aromatic heterocycles. The number of likely N-dealkylation sites (tertiary alicyclic amines) is 1. The normalized spacial score (nSPS) is 22.3. The third-order valence-corrected chi connectivity index (χ3v) is 4.91. The van der Waals surface area contributed by atoms with Crippen LogP contribution in [-0.2, 0) is 11.3 Å². The Labute approximate surface area is 136 Å². The highest BCUT2D eigenvalue weighted by molar-refractivity contribution is 5.94. The van der Waals surface area contributed by atoms with Gasteiger partial charge in [0.15, 0.2) is 0 Å². The van der Waals surface area contributed by atoms with Gasteiger partial charge in [-0.05, 0) is 25.3 Å². The average Bonchev–Trinajstić information content (AvgIpc) is 3.24. The van der Waals surface area contributed by atoms with Crippen molar-refractivity contribution in [1.29, 1.82) is 0 Å². The molecule has 1 aliphatic heterocycles. The lowest BCUT2D eigenvalue weighted by Crippen LogP contribution is -2.40. The van der Waals surface area contributed by atoms with Crippen LogP contribution in [0.5, 0.6) is 0 Å². The van der Waals surface area contributed by atoms with E-state index in [-0.39, 0.29) is 30.3 Å². The molecule has 0 bridgehead atoms. The molecule has 0 spiro atoms. The van der Waals surface area contributed by atoms with Gasteiger partial charge in [-0.25, -0.2) is 0 Å². The van der Waals surface area contributed by atoms with Gasteiger partial charge in [-0.3, -0.25) is 9.59 Å². The predicted molar refractivity (Wildman–Crippen MR) is 85.6 cm³/mol. The molecular formula is C17H25N3O3. The van der Waals surface area contributed by atoms with Gasteiger partial charge in [-0.1, -0.05) is 19.3 Å². The fraction of sp³-hybridized carbons (Fsp3) is 0.647. The summed E-state index contributed by atoms with van der Waals surface area (Å²) in [6.45, 7) is 1.63. The van der Waals surface area contributed by atoms with Crippen LogP contribution in [0.25, 0.3) is 0 Å². The van der Waals surface area contributed by atoms with Crippen molar-refractivity contribution in [2.24, 2.45) is 11.7 Å². The second kappa shape index (κ2) is 7.17. The van der Waals surface area contributed by atoms with Gasteiger partial charge < -0.3 is 20.4 Å². The number of carbonyl (C=O) groups excluding carboxylic acids is 2. The highest BCUT2D eigenvalue weighted by Crippen LogP contribution is 2.26. The minimum absolute atomic E-state index is 0.0197. The van der Waals surface area contributed by atoms with E-state index in [1.165, 1.54) is 12.7 Å². The van der Waals surface area contributed by atoms with Crippen LogP contribution in [0.1, 0.15) is 54.6 Å². The molecular weight excluding hydrogens is 294 g/mol. The molecule has 1 aliphatic carbocycles. The van der Waals surface area contributed by atoms with E-state index < -0.39 is 0 Å². The molecule has 1 unspecified atom stereocenters. The van der Waals surface area contributed by atoms with Crippen LogP contribution < -0.4 is 11.1 Å². The van der Waals surface area contributed by atoms with Crippen molar-refractivity contribution in [2.75, 3.05) is 13.1 Å². The van der Waals surface area contributed by atoms with E-state index in [0.29, 0.717) is 17.9 Å². The van der Waals surface area contributed by atoms with Gasteiger partial charge in [0.2, 0.25) is 5.91 Å². The summed E-state index contributed by atoms with van der Waals surface area (Å²) >= 11 is 0. The molecule has 2 heterocycles. The van der Waals surface area contributed by atoms with Gasteiger partial charge >= 0.3 is 0 Å². The number of hydrogen-bond donors (Lipinski definition) is 2. The molecule has 1 saturated heterocycles. The summed E-state index contributed by atoms with van der Waals surface area (Å²) < 4.78 is 5.19. The zero-order chi connectivity index (χ0) is 16.2. The number of amides is 2. The van der Waals surface area contributed by atoms with Crippen molar-refractivity contribution in [3.05, 3.63) is 23.7 Å². The molecule has 0 aromatic carbocycles. The van der Waals surface area contributed by atoms with Crippen molar-refractivity contribution in [3.63, 3.8) is 0 Å². The van der Waals surface area contributed by atoms with Crippen LogP contribution in [0.15, 0.2) is 16.7 Å². The highest BCUT2D eigenvalue weighted by Gasteiger charge is 2.32. The number of hydrogen-bond acceptors (Lipinski definition) is 4. The molecule has 2 aliphatic rings. The van der Waals surface area contributed by atoms with Crippen molar-refractivity contribution < 1.29 is 14.0 Å². The molecule has 6 nitrogen and oxygen atoms in total. The highest BCUT2D eigenvalue weighted by atomic mass is 16.3. The zero-order valence-electron chi connectivity index (χ0n) is 13.4.